The summed E-state index contributed by atoms with van der Waals surface area (Å²) in [6, 6.07) is 9.84. The van der Waals surface area contributed by atoms with E-state index in [1.807, 2.05) is 24.3 Å². The third kappa shape index (κ3) is 3.72. The molecule has 4 heteroatoms. The number of anilines is 1. The van der Waals surface area contributed by atoms with Gasteiger partial charge >= 0.3 is 0 Å². The van der Waals surface area contributed by atoms with Crippen LogP contribution in [0.5, 0.6) is 0 Å². The van der Waals surface area contributed by atoms with Crippen molar-refractivity contribution < 1.29 is 4.79 Å². The molecule has 1 unspecified atom stereocenters. The van der Waals surface area contributed by atoms with Gasteiger partial charge in [0.1, 0.15) is 0 Å². The second-order valence-electron chi connectivity index (χ2n) is 5.05. The Morgan fingerprint density at radius 2 is 2.21 bits per heavy atom. The molecule has 1 aliphatic rings. The van der Waals surface area contributed by atoms with Crippen molar-refractivity contribution in [3.05, 3.63) is 29.8 Å². The number of nitrogens with zero attached hydrogens (tertiary/aromatic N) is 2. The number of carbonyl (C=O) groups excluding carboxylic acids is 1. The van der Waals surface area contributed by atoms with Crippen LogP contribution in [0.2, 0.25) is 0 Å². The minimum atomic E-state index is 0.0375. The maximum absolute atomic E-state index is 11.0. The van der Waals surface area contributed by atoms with Crippen molar-refractivity contribution in [1.82, 2.24) is 5.32 Å². The number of piperidine rings is 1. The summed E-state index contributed by atoms with van der Waals surface area (Å²) in [5.74, 6) is 0.545. The molecule has 100 valence electrons. The van der Waals surface area contributed by atoms with E-state index in [4.69, 9.17) is 5.26 Å². The van der Waals surface area contributed by atoms with Gasteiger partial charge in [0.05, 0.1) is 11.6 Å². The van der Waals surface area contributed by atoms with Gasteiger partial charge in [0, 0.05) is 32.2 Å². The Balaban J connectivity index is 1.96. The molecule has 0 bridgehead atoms. The zero-order valence-electron chi connectivity index (χ0n) is 11.2. The van der Waals surface area contributed by atoms with Crippen LogP contribution >= 0.6 is 0 Å². The van der Waals surface area contributed by atoms with Crippen LogP contribution in [0.15, 0.2) is 24.3 Å². The second kappa shape index (κ2) is 6.24. The van der Waals surface area contributed by atoms with Crippen LogP contribution in [-0.4, -0.2) is 25.5 Å². The number of hydrogen-bond donors (Lipinski definition) is 1. The average molecular weight is 257 g/mol. The fourth-order valence-corrected chi connectivity index (χ4v) is 2.50. The molecular weight excluding hydrogens is 238 g/mol. The first-order valence-corrected chi connectivity index (χ1v) is 6.68. The Morgan fingerprint density at radius 1 is 1.47 bits per heavy atom. The van der Waals surface area contributed by atoms with E-state index in [9.17, 15) is 4.79 Å². The molecule has 1 amide bonds. The number of nitriles is 1. The number of nitrogens with one attached hydrogen (secondary N) is 1. The minimum Gasteiger partial charge on any atom is -0.371 e. The van der Waals surface area contributed by atoms with E-state index in [-0.39, 0.29) is 5.91 Å². The van der Waals surface area contributed by atoms with Crippen LogP contribution in [0.3, 0.4) is 0 Å². The summed E-state index contributed by atoms with van der Waals surface area (Å²) >= 11 is 0. The van der Waals surface area contributed by atoms with Gasteiger partial charge in [-0.25, -0.2) is 0 Å². The smallest absolute Gasteiger partial charge is 0.216 e. The lowest BCUT2D eigenvalue weighted by atomic mass is 9.97. The molecule has 1 aliphatic heterocycles. The molecular formula is C15H19N3O. The number of carbonyl (C=O) groups is 1. The van der Waals surface area contributed by atoms with Gasteiger partial charge in [0.25, 0.3) is 0 Å². The van der Waals surface area contributed by atoms with E-state index in [0.717, 1.165) is 38.2 Å². The lowest BCUT2D eigenvalue weighted by Gasteiger charge is -2.34. The van der Waals surface area contributed by atoms with Crippen LogP contribution in [0.4, 0.5) is 5.69 Å². The Morgan fingerprint density at radius 3 is 2.84 bits per heavy atom. The van der Waals surface area contributed by atoms with Gasteiger partial charge in [0.15, 0.2) is 0 Å². The molecule has 0 saturated carbocycles. The Labute approximate surface area is 114 Å². The maximum atomic E-state index is 11.0. The molecule has 1 fully saturated rings. The van der Waals surface area contributed by atoms with Gasteiger partial charge in [-0.05, 0) is 43.0 Å². The van der Waals surface area contributed by atoms with Crippen LogP contribution < -0.4 is 10.2 Å². The summed E-state index contributed by atoms with van der Waals surface area (Å²) in [7, 11) is 0. The third-order valence-corrected chi connectivity index (χ3v) is 3.52. The van der Waals surface area contributed by atoms with Crippen molar-refractivity contribution >= 4 is 11.6 Å². The minimum absolute atomic E-state index is 0.0375. The van der Waals surface area contributed by atoms with Crippen molar-refractivity contribution in [2.24, 2.45) is 5.92 Å². The average Bonchev–Trinajstić information content (AvgIpc) is 2.45. The Bertz CT molecular complexity index is 475. The van der Waals surface area contributed by atoms with Crippen LogP contribution in [-0.2, 0) is 4.79 Å². The highest BCUT2D eigenvalue weighted by Crippen LogP contribution is 2.23. The van der Waals surface area contributed by atoms with E-state index in [1.165, 1.54) is 0 Å². The van der Waals surface area contributed by atoms with Gasteiger partial charge in [-0.15, -0.1) is 0 Å². The quantitative estimate of drug-likeness (QED) is 0.900. The fourth-order valence-electron chi connectivity index (χ4n) is 2.50. The number of rotatable bonds is 3. The molecule has 0 aliphatic carbocycles. The van der Waals surface area contributed by atoms with Crippen molar-refractivity contribution in [2.75, 3.05) is 24.5 Å². The van der Waals surface area contributed by atoms with E-state index in [1.54, 1.807) is 6.92 Å². The highest BCUT2D eigenvalue weighted by molar-refractivity contribution is 5.72. The molecule has 19 heavy (non-hydrogen) atoms. The fraction of sp³-hybridized carbons (Fsp3) is 0.467. The van der Waals surface area contributed by atoms with Gasteiger partial charge in [-0.3, -0.25) is 4.79 Å². The van der Waals surface area contributed by atoms with Gasteiger partial charge < -0.3 is 10.2 Å². The summed E-state index contributed by atoms with van der Waals surface area (Å²) in [5.41, 5.74) is 1.85. The van der Waals surface area contributed by atoms with E-state index in [2.05, 4.69) is 16.3 Å². The molecule has 1 aromatic rings. The normalized spacial score (nSPS) is 18.7. The summed E-state index contributed by atoms with van der Waals surface area (Å²) in [4.78, 5) is 13.3. The number of benzene rings is 1. The maximum Gasteiger partial charge on any atom is 0.216 e. The number of hydrogen-bond acceptors (Lipinski definition) is 3. The van der Waals surface area contributed by atoms with E-state index in [0.29, 0.717) is 11.5 Å². The first-order valence-electron chi connectivity index (χ1n) is 6.68. The zero-order chi connectivity index (χ0) is 13.7. The lowest BCUT2D eigenvalue weighted by molar-refractivity contribution is -0.119. The van der Waals surface area contributed by atoms with Crippen molar-refractivity contribution in [3.8, 4) is 6.07 Å². The number of amides is 1. The van der Waals surface area contributed by atoms with Crippen LogP contribution in [0, 0.1) is 17.2 Å². The standard InChI is InChI=1S/C15H19N3O/c1-12(19)17-10-14-3-2-8-18(11-14)15-6-4-13(9-16)5-7-15/h4-7,14H,2-3,8,10-11H2,1H3,(H,17,19). The largest absolute Gasteiger partial charge is 0.371 e. The predicted octanol–water partition coefficient (Wildman–Crippen LogP) is 1.91. The summed E-state index contributed by atoms with van der Waals surface area (Å²) in [6.07, 6.45) is 2.30. The van der Waals surface area contributed by atoms with E-state index < -0.39 is 0 Å². The molecule has 1 N–H and O–H groups in total. The van der Waals surface area contributed by atoms with Gasteiger partial charge in [0.2, 0.25) is 5.91 Å². The van der Waals surface area contributed by atoms with Crippen molar-refractivity contribution in [3.63, 3.8) is 0 Å². The Kier molecular flexibility index (Phi) is 4.40. The summed E-state index contributed by atoms with van der Waals surface area (Å²) in [6.45, 7) is 4.32. The molecule has 4 nitrogen and oxygen atoms in total. The monoisotopic (exact) mass is 257 g/mol. The highest BCUT2D eigenvalue weighted by Gasteiger charge is 2.20. The summed E-state index contributed by atoms with van der Waals surface area (Å²) in [5, 5.41) is 11.7. The SMILES string of the molecule is CC(=O)NCC1CCCN(c2ccc(C#N)cc2)C1. The van der Waals surface area contributed by atoms with Crippen molar-refractivity contribution in [2.45, 2.75) is 19.8 Å². The molecule has 0 aromatic heterocycles. The van der Waals surface area contributed by atoms with Gasteiger partial charge in [-0.1, -0.05) is 0 Å². The topological polar surface area (TPSA) is 56.1 Å². The first kappa shape index (κ1) is 13.4. The molecule has 1 saturated heterocycles. The third-order valence-electron chi connectivity index (χ3n) is 3.52. The molecule has 0 radical (unpaired) electrons. The zero-order valence-corrected chi connectivity index (χ0v) is 11.2. The molecule has 1 heterocycles. The predicted molar refractivity (Wildman–Crippen MR) is 74.8 cm³/mol. The second-order valence-corrected chi connectivity index (χ2v) is 5.05. The van der Waals surface area contributed by atoms with Crippen LogP contribution in [0.25, 0.3) is 0 Å². The molecule has 1 aromatic carbocycles. The van der Waals surface area contributed by atoms with Crippen LogP contribution in [0.1, 0.15) is 25.3 Å². The van der Waals surface area contributed by atoms with E-state index >= 15 is 0 Å². The molecule has 2 rings (SSSR count). The first-order chi connectivity index (χ1) is 9.19. The van der Waals surface area contributed by atoms with Gasteiger partial charge in [-0.2, -0.15) is 5.26 Å². The highest BCUT2D eigenvalue weighted by atomic mass is 16.1. The molecule has 0 spiro atoms. The lowest BCUT2D eigenvalue weighted by Crippen LogP contribution is -2.40. The van der Waals surface area contributed by atoms with Crippen molar-refractivity contribution in [1.29, 1.82) is 5.26 Å². The summed E-state index contributed by atoms with van der Waals surface area (Å²) < 4.78 is 0. The molecule has 1 atom stereocenters. The Hall–Kier alpha value is -2.02.